The van der Waals surface area contributed by atoms with Gasteiger partial charge in [-0.15, -0.1) is 0 Å². The lowest BCUT2D eigenvalue weighted by Gasteiger charge is -2.26. The van der Waals surface area contributed by atoms with E-state index >= 15 is 0 Å². The van der Waals surface area contributed by atoms with Crippen LogP contribution in [0.25, 0.3) is 0 Å². The van der Waals surface area contributed by atoms with Crippen molar-refractivity contribution in [2.75, 3.05) is 44.2 Å². The lowest BCUT2D eigenvalue weighted by molar-refractivity contribution is 0.0636. The largest absolute Gasteiger partial charge is 0.491 e. The van der Waals surface area contributed by atoms with Crippen molar-refractivity contribution in [3.05, 3.63) is 83.9 Å². The average molecular weight is 549 g/mol. The minimum Gasteiger partial charge on any atom is -0.491 e. The second-order valence-electron chi connectivity index (χ2n) is 12.0. The van der Waals surface area contributed by atoms with Crippen molar-refractivity contribution < 1.29 is 14.2 Å². The van der Waals surface area contributed by atoms with E-state index in [1.54, 1.807) is 7.11 Å². The second kappa shape index (κ2) is 12.8. The van der Waals surface area contributed by atoms with Gasteiger partial charge >= 0.3 is 0 Å². The van der Waals surface area contributed by atoms with Gasteiger partial charge in [-0.2, -0.15) is 0 Å². The van der Waals surface area contributed by atoms with E-state index in [-0.39, 0.29) is 16.9 Å². The van der Waals surface area contributed by atoms with Crippen molar-refractivity contribution in [1.29, 1.82) is 0 Å². The Morgan fingerprint density at radius 1 is 0.769 bits per heavy atom. The molecule has 0 spiro atoms. The molecule has 0 aliphatic carbocycles. The van der Waals surface area contributed by atoms with Crippen LogP contribution in [-0.4, -0.2) is 45.6 Å². The fraction of sp³-hybridized carbons (Fsp3) is 0.424. The van der Waals surface area contributed by atoms with Gasteiger partial charge in [0.2, 0.25) is 0 Å². The topological polar surface area (TPSA) is 34.2 Å². The molecule has 0 amide bonds. The summed E-state index contributed by atoms with van der Waals surface area (Å²) in [4.78, 5) is 4.03. The van der Waals surface area contributed by atoms with Crippen LogP contribution in [0.15, 0.2) is 72.8 Å². The molecule has 210 valence electrons. The number of methoxy groups -OCH3 is 1. The van der Waals surface area contributed by atoms with Crippen LogP contribution >= 0.6 is 12.2 Å². The van der Waals surface area contributed by atoms with Crippen LogP contribution in [0.5, 0.6) is 11.5 Å². The standard InChI is InChI=1S/C33H44N2O3S/c1-32(2,3)24-13-17-26(18-14-24)34(7)22-30(36-9)23-37-29-12-10-11-27(21-29)35(8)31(39)38-28-19-15-25(16-20-28)33(4,5)6/h10-21,30H,22-23H2,1-9H3. The first-order valence-corrected chi connectivity index (χ1v) is 13.8. The van der Waals surface area contributed by atoms with Crippen LogP contribution in [0.1, 0.15) is 52.7 Å². The zero-order chi connectivity index (χ0) is 28.8. The van der Waals surface area contributed by atoms with Crippen LogP contribution in [-0.2, 0) is 15.6 Å². The van der Waals surface area contributed by atoms with Crippen LogP contribution in [0, 0.1) is 0 Å². The number of nitrogens with zero attached hydrogens (tertiary/aromatic N) is 2. The van der Waals surface area contributed by atoms with Gasteiger partial charge in [0.15, 0.2) is 0 Å². The SMILES string of the molecule is COC(COc1cccc(N(C)C(=S)Oc2ccc(C(C)(C)C)cc2)c1)CN(C)c1ccc(C(C)(C)C)cc1. The lowest BCUT2D eigenvalue weighted by Crippen LogP contribution is -2.34. The molecule has 5 nitrogen and oxygen atoms in total. The Bertz CT molecular complexity index is 1210. The molecule has 0 aliphatic rings. The van der Waals surface area contributed by atoms with Gasteiger partial charge in [0.25, 0.3) is 5.17 Å². The number of hydrogen-bond acceptors (Lipinski definition) is 5. The highest BCUT2D eigenvalue weighted by molar-refractivity contribution is 7.80. The molecule has 6 heteroatoms. The third kappa shape index (κ3) is 8.70. The maximum Gasteiger partial charge on any atom is 0.269 e. The van der Waals surface area contributed by atoms with Crippen LogP contribution in [0.4, 0.5) is 11.4 Å². The summed E-state index contributed by atoms with van der Waals surface area (Å²) in [7, 11) is 5.69. The molecule has 0 aromatic heterocycles. The van der Waals surface area contributed by atoms with Crippen LogP contribution in [0.2, 0.25) is 0 Å². The number of rotatable bonds is 9. The molecular weight excluding hydrogens is 504 g/mol. The summed E-state index contributed by atoms with van der Waals surface area (Å²) in [6.07, 6.45) is -0.0980. The number of thiocarbonyl (C=S) groups is 1. The maximum absolute atomic E-state index is 6.13. The lowest BCUT2D eigenvalue weighted by atomic mass is 9.87. The zero-order valence-corrected chi connectivity index (χ0v) is 25.8. The molecule has 0 saturated carbocycles. The quantitative estimate of drug-likeness (QED) is 0.256. The first-order chi connectivity index (χ1) is 18.3. The highest BCUT2D eigenvalue weighted by Crippen LogP contribution is 2.27. The fourth-order valence-corrected chi connectivity index (χ4v) is 4.29. The van der Waals surface area contributed by atoms with Crippen molar-refractivity contribution in [1.82, 2.24) is 0 Å². The Morgan fingerprint density at radius 2 is 1.33 bits per heavy atom. The Morgan fingerprint density at radius 3 is 1.87 bits per heavy atom. The molecule has 3 aromatic carbocycles. The highest BCUT2D eigenvalue weighted by Gasteiger charge is 2.17. The van der Waals surface area contributed by atoms with E-state index < -0.39 is 0 Å². The summed E-state index contributed by atoms with van der Waals surface area (Å²) in [5.74, 6) is 1.46. The average Bonchev–Trinajstić information content (AvgIpc) is 2.90. The number of ether oxygens (including phenoxy) is 3. The molecule has 3 aromatic rings. The van der Waals surface area contributed by atoms with Crippen LogP contribution in [0.3, 0.4) is 0 Å². The van der Waals surface area contributed by atoms with E-state index in [2.05, 4.69) is 89.9 Å². The summed E-state index contributed by atoms with van der Waals surface area (Å²) in [6, 6.07) is 24.6. The van der Waals surface area contributed by atoms with Crippen molar-refractivity contribution in [3.8, 4) is 11.5 Å². The summed E-state index contributed by atoms with van der Waals surface area (Å²) >= 11 is 5.57. The van der Waals surface area contributed by atoms with E-state index in [1.165, 1.54) is 11.1 Å². The number of likely N-dealkylation sites (N-methyl/N-ethyl adjacent to an activating group) is 1. The first-order valence-electron chi connectivity index (χ1n) is 13.4. The second-order valence-corrected chi connectivity index (χ2v) is 12.4. The van der Waals surface area contributed by atoms with Crippen molar-refractivity contribution >= 4 is 28.8 Å². The molecule has 0 bridgehead atoms. The van der Waals surface area contributed by atoms with Gasteiger partial charge in [-0.25, -0.2) is 0 Å². The molecule has 0 heterocycles. The minimum absolute atomic E-state index is 0.0885. The normalized spacial score (nSPS) is 12.5. The summed E-state index contributed by atoms with van der Waals surface area (Å²) in [5, 5.41) is 0.365. The molecule has 39 heavy (non-hydrogen) atoms. The van der Waals surface area contributed by atoms with E-state index in [4.69, 9.17) is 26.4 Å². The molecule has 0 radical (unpaired) electrons. The predicted molar refractivity (Wildman–Crippen MR) is 168 cm³/mol. The molecular formula is C33H44N2O3S. The Labute approximate surface area is 240 Å². The molecule has 1 unspecified atom stereocenters. The summed E-state index contributed by atoms with van der Waals surface area (Å²) in [6.45, 7) is 14.4. The summed E-state index contributed by atoms with van der Waals surface area (Å²) < 4.78 is 17.8. The third-order valence-corrected chi connectivity index (χ3v) is 7.18. The van der Waals surface area contributed by atoms with E-state index in [0.717, 1.165) is 17.1 Å². The molecule has 1 atom stereocenters. The zero-order valence-electron chi connectivity index (χ0n) is 24.9. The van der Waals surface area contributed by atoms with E-state index in [1.807, 2.05) is 48.3 Å². The number of hydrogen-bond donors (Lipinski definition) is 0. The molecule has 3 rings (SSSR count). The van der Waals surface area contributed by atoms with E-state index in [0.29, 0.717) is 24.1 Å². The Balaban J connectivity index is 1.57. The monoisotopic (exact) mass is 548 g/mol. The predicted octanol–water partition coefficient (Wildman–Crippen LogP) is 7.61. The molecule has 0 N–H and O–H groups in total. The van der Waals surface area contributed by atoms with E-state index in [9.17, 15) is 0 Å². The van der Waals surface area contributed by atoms with Crippen molar-refractivity contribution in [2.45, 2.75) is 58.5 Å². The number of benzene rings is 3. The van der Waals surface area contributed by atoms with Gasteiger partial charge in [0.1, 0.15) is 24.2 Å². The molecule has 0 fully saturated rings. The Kier molecular flexibility index (Phi) is 10.0. The van der Waals surface area contributed by atoms with Gasteiger partial charge in [-0.1, -0.05) is 71.9 Å². The first kappa shape index (κ1) is 30.5. The van der Waals surface area contributed by atoms with Gasteiger partial charge in [0.05, 0.1) is 0 Å². The smallest absolute Gasteiger partial charge is 0.269 e. The Hall–Kier alpha value is -3.09. The van der Waals surface area contributed by atoms with Gasteiger partial charge in [0, 0.05) is 45.2 Å². The maximum atomic E-state index is 6.13. The van der Waals surface area contributed by atoms with Crippen molar-refractivity contribution in [3.63, 3.8) is 0 Å². The van der Waals surface area contributed by atoms with Gasteiger partial charge in [-0.3, -0.25) is 0 Å². The van der Waals surface area contributed by atoms with Crippen LogP contribution < -0.4 is 19.3 Å². The highest BCUT2D eigenvalue weighted by atomic mass is 32.1. The number of anilines is 2. The molecule has 0 saturated heterocycles. The van der Waals surface area contributed by atoms with Gasteiger partial charge in [-0.05, 0) is 70.6 Å². The third-order valence-electron chi connectivity index (χ3n) is 6.83. The fourth-order valence-electron chi connectivity index (χ4n) is 4.09. The minimum atomic E-state index is -0.0980. The van der Waals surface area contributed by atoms with Gasteiger partial charge < -0.3 is 24.0 Å². The van der Waals surface area contributed by atoms with Crippen molar-refractivity contribution in [2.24, 2.45) is 0 Å². The molecule has 0 aliphatic heterocycles. The summed E-state index contributed by atoms with van der Waals surface area (Å²) in [5.41, 5.74) is 4.82.